The monoisotopic (exact) mass is 223 g/mol. The van der Waals surface area contributed by atoms with E-state index in [0.29, 0.717) is 0 Å². The van der Waals surface area contributed by atoms with Gasteiger partial charge in [-0.1, -0.05) is 13.3 Å². The highest BCUT2D eigenvalue weighted by atomic mass is 32.1. The zero-order valence-corrected chi connectivity index (χ0v) is 10.1. The van der Waals surface area contributed by atoms with Crippen molar-refractivity contribution in [2.75, 3.05) is 0 Å². The minimum Gasteiger partial charge on any atom is -0.327 e. The molecule has 2 N–H and O–H groups in total. The van der Waals surface area contributed by atoms with Gasteiger partial charge in [-0.15, -0.1) is 11.3 Å². The van der Waals surface area contributed by atoms with E-state index in [1.165, 1.54) is 4.88 Å². The van der Waals surface area contributed by atoms with E-state index in [1.807, 2.05) is 26.0 Å². The molecule has 82 valence electrons. The molecule has 1 aromatic heterocycles. The fourth-order valence-electron chi connectivity index (χ4n) is 2.31. The molecule has 3 heteroatoms. The molecule has 1 aliphatic carbocycles. The third-order valence-electron chi connectivity index (χ3n) is 3.51. The summed E-state index contributed by atoms with van der Waals surface area (Å²) in [6.45, 7) is 4.04. The van der Waals surface area contributed by atoms with Crippen molar-refractivity contribution in [3.05, 3.63) is 21.9 Å². The lowest BCUT2D eigenvalue weighted by Gasteiger charge is -2.26. The molecule has 0 bridgehead atoms. The topological polar surface area (TPSA) is 43.1 Å². The average molecular weight is 223 g/mol. The standard InChI is InChI=1S/C12H17NOS/c1-8-5-6-9(15-8)11(14)12(2)7-3-4-10(12)13/h5-6,10H,3-4,7,13H2,1-2H3. The quantitative estimate of drug-likeness (QED) is 0.783. The number of nitrogens with two attached hydrogens (primary N) is 1. The van der Waals surface area contributed by atoms with Crippen LogP contribution in [0.4, 0.5) is 0 Å². The van der Waals surface area contributed by atoms with Crippen LogP contribution in [0.15, 0.2) is 12.1 Å². The molecule has 0 aliphatic heterocycles. The van der Waals surface area contributed by atoms with Crippen molar-refractivity contribution in [3.63, 3.8) is 0 Å². The Morgan fingerprint density at radius 2 is 2.33 bits per heavy atom. The van der Waals surface area contributed by atoms with Crippen LogP contribution in [0, 0.1) is 12.3 Å². The van der Waals surface area contributed by atoms with E-state index < -0.39 is 0 Å². The number of hydrogen-bond acceptors (Lipinski definition) is 3. The molecule has 1 fully saturated rings. The molecule has 1 aliphatic rings. The van der Waals surface area contributed by atoms with Crippen LogP contribution in [0.2, 0.25) is 0 Å². The summed E-state index contributed by atoms with van der Waals surface area (Å²) in [7, 11) is 0. The van der Waals surface area contributed by atoms with Crippen LogP contribution < -0.4 is 5.73 Å². The molecule has 1 heterocycles. The van der Waals surface area contributed by atoms with Gasteiger partial charge in [0.1, 0.15) is 0 Å². The number of Topliss-reactive ketones (excluding diaryl/α,β-unsaturated/α-hetero) is 1. The van der Waals surface area contributed by atoms with Gasteiger partial charge in [0.05, 0.1) is 4.88 Å². The molecule has 0 radical (unpaired) electrons. The van der Waals surface area contributed by atoms with E-state index in [0.717, 1.165) is 24.1 Å². The Morgan fingerprint density at radius 1 is 1.60 bits per heavy atom. The van der Waals surface area contributed by atoms with Gasteiger partial charge in [-0.2, -0.15) is 0 Å². The molecule has 0 spiro atoms. The van der Waals surface area contributed by atoms with Crippen LogP contribution >= 0.6 is 11.3 Å². The molecule has 2 nitrogen and oxygen atoms in total. The molecule has 0 amide bonds. The summed E-state index contributed by atoms with van der Waals surface area (Å²) in [5, 5.41) is 0. The number of ketones is 1. The SMILES string of the molecule is Cc1ccc(C(=O)C2(C)CCCC2N)s1. The zero-order chi connectivity index (χ0) is 11.1. The molecule has 2 atom stereocenters. The van der Waals surface area contributed by atoms with Crippen LogP contribution in [0.1, 0.15) is 40.7 Å². The predicted octanol–water partition coefficient (Wildman–Crippen LogP) is 2.76. The highest BCUT2D eigenvalue weighted by Crippen LogP contribution is 2.40. The highest BCUT2D eigenvalue weighted by Gasteiger charge is 2.43. The summed E-state index contributed by atoms with van der Waals surface area (Å²) in [6.07, 6.45) is 2.99. The van der Waals surface area contributed by atoms with E-state index in [-0.39, 0.29) is 17.2 Å². The number of carbonyl (C=O) groups excluding carboxylic acids is 1. The normalized spacial score (nSPS) is 30.7. The Bertz CT molecular complexity index is 385. The van der Waals surface area contributed by atoms with Crippen LogP contribution in [0.5, 0.6) is 0 Å². The second-order valence-corrected chi connectivity index (χ2v) is 5.94. The summed E-state index contributed by atoms with van der Waals surface area (Å²) in [4.78, 5) is 14.4. The molecule has 1 aromatic rings. The number of aryl methyl sites for hydroxylation is 1. The molecular formula is C12H17NOS. The van der Waals surface area contributed by atoms with Crippen LogP contribution in [0.25, 0.3) is 0 Å². The highest BCUT2D eigenvalue weighted by molar-refractivity contribution is 7.14. The Morgan fingerprint density at radius 3 is 2.80 bits per heavy atom. The largest absolute Gasteiger partial charge is 0.327 e. The fourth-order valence-corrected chi connectivity index (χ4v) is 3.26. The van der Waals surface area contributed by atoms with Gasteiger partial charge >= 0.3 is 0 Å². The zero-order valence-electron chi connectivity index (χ0n) is 9.25. The second kappa shape index (κ2) is 3.72. The smallest absolute Gasteiger partial charge is 0.180 e. The predicted molar refractivity (Wildman–Crippen MR) is 63.3 cm³/mol. The van der Waals surface area contributed by atoms with Crippen molar-refractivity contribution in [1.29, 1.82) is 0 Å². The maximum absolute atomic E-state index is 12.3. The van der Waals surface area contributed by atoms with Gasteiger partial charge in [0, 0.05) is 16.3 Å². The van der Waals surface area contributed by atoms with Gasteiger partial charge in [0.15, 0.2) is 5.78 Å². The fraction of sp³-hybridized carbons (Fsp3) is 0.583. The molecule has 2 rings (SSSR count). The van der Waals surface area contributed by atoms with Crippen LogP contribution in [0.3, 0.4) is 0 Å². The van der Waals surface area contributed by atoms with Crippen molar-refractivity contribution in [1.82, 2.24) is 0 Å². The summed E-state index contributed by atoms with van der Waals surface area (Å²) < 4.78 is 0. The van der Waals surface area contributed by atoms with E-state index in [4.69, 9.17) is 5.73 Å². The van der Waals surface area contributed by atoms with Gasteiger partial charge in [-0.25, -0.2) is 0 Å². The minimum absolute atomic E-state index is 0.0346. The van der Waals surface area contributed by atoms with Gasteiger partial charge in [-0.05, 0) is 31.9 Å². The second-order valence-electron chi connectivity index (χ2n) is 4.66. The third kappa shape index (κ3) is 1.74. The van der Waals surface area contributed by atoms with Gasteiger partial charge < -0.3 is 5.73 Å². The third-order valence-corrected chi connectivity index (χ3v) is 4.51. The van der Waals surface area contributed by atoms with Crippen LogP contribution in [-0.2, 0) is 0 Å². The van der Waals surface area contributed by atoms with E-state index in [9.17, 15) is 4.79 Å². The molecule has 15 heavy (non-hydrogen) atoms. The molecule has 0 saturated heterocycles. The van der Waals surface area contributed by atoms with Crippen molar-refractivity contribution < 1.29 is 4.79 Å². The molecular weight excluding hydrogens is 206 g/mol. The average Bonchev–Trinajstić information content (AvgIpc) is 2.75. The first-order valence-electron chi connectivity index (χ1n) is 5.41. The van der Waals surface area contributed by atoms with Crippen molar-refractivity contribution in [2.24, 2.45) is 11.1 Å². The maximum Gasteiger partial charge on any atom is 0.180 e. The van der Waals surface area contributed by atoms with Gasteiger partial charge in [-0.3, -0.25) is 4.79 Å². The van der Waals surface area contributed by atoms with Crippen molar-refractivity contribution in [2.45, 2.75) is 39.2 Å². The molecule has 2 unspecified atom stereocenters. The van der Waals surface area contributed by atoms with Crippen molar-refractivity contribution in [3.8, 4) is 0 Å². The summed E-state index contributed by atoms with van der Waals surface area (Å²) in [5.74, 6) is 0.241. The molecule has 0 aromatic carbocycles. The Balaban J connectivity index is 2.28. The maximum atomic E-state index is 12.3. The van der Waals surface area contributed by atoms with E-state index in [1.54, 1.807) is 11.3 Å². The number of carbonyl (C=O) groups is 1. The number of hydrogen-bond donors (Lipinski definition) is 1. The van der Waals surface area contributed by atoms with E-state index in [2.05, 4.69) is 0 Å². The first-order chi connectivity index (χ1) is 7.04. The Labute approximate surface area is 94.5 Å². The van der Waals surface area contributed by atoms with Gasteiger partial charge in [0.2, 0.25) is 0 Å². The lowest BCUT2D eigenvalue weighted by molar-refractivity contribution is 0.0807. The molecule has 1 saturated carbocycles. The lowest BCUT2D eigenvalue weighted by atomic mass is 9.80. The van der Waals surface area contributed by atoms with Gasteiger partial charge in [0.25, 0.3) is 0 Å². The van der Waals surface area contributed by atoms with E-state index >= 15 is 0 Å². The summed E-state index contributed by atoms with van der Waals surface area (Å²) in [6, 6.07) is 3.97. The first-order valence-corrected chi connectivity index (χ1v) is 6.22. The number of thiophene rings is 1. The van der Waals surface area contributed by atoms with Crippen molar-refractivity contribution >= 4 is 17.1 Å². The Hall–Kier alpha value is -0.670. The summed E-state index contributed by atoms with van der Waals surface area (Å²) >= 11 is 1.58. The summed E-state index contributed by atoms with van der Waals surface area (Å²) in [5.41, 5.74) is 5.72. The minimum atomic E-state index is -0.322. The van der Waals surface area contributed by atoms with Crippen LogP contribution in [-0.4, -0.2) is 11.8 Å². The Kier molecular flexibility index (Phi) is 2.69. The number of rotatable bonds is 2. The first kappa shape index (κ1) is 10.8. The lowest BCUT2D eigenvalue weighted by Crippen LogP contribution is -2.40.